The molecule has 0 aliphatic heterocycles. The second-order valence-electron chi connectivity index (χ2n) is 4.96. The van der Waals surface area contributed by atoms with E-state index in [0.29, 0.717) is 0 Å². The minimum atomic E-state index is -0.277. The first kappa shape index (κ1) is 12.5. The lowest BCUT2D eigenvalue weighted by Crippen LogP contribution is -2.43. The molecule has 1 amide bonds. The Morgan fingerprint density at radius 2 is 2.00 bits per heavy atom. The van der Waals surface area contributed by atoms with Crippen LogP contribution in [0.2, 0.25) is 0 Å². The average Bonchev–Trinajstić information content (AvgIpc) is 2.59. The maximum atomic E-state index is 12.0. The van der Waals surface area contributed by atoms with Gasteiger partial charge in [0.15, 0.2) is 0 Å². The van der Waals surface area contributed by atoms with Crippen LogP contribution in [0.15, 0.2) is 4.63 Å². The van der Waals surface area contributed by atoms with Gasteiger partial charge in [-0.3, -0.25) is 4.79 Å². The molecule has 1 unspecified atom stereocenters. The van der Waals surface area contributed by atoms with Crippen molar-refractivity contribution in [2.45, 2.75) is 33.7 Å². The Balaban J connectivity index is 2.88. The smallest absolute Gasteiger partial charge is 0.280 e. The molecular weight excluding hydrogens is 208 g/mol. The van der Waals surface area contributed by atoms with Gasteiger partial charge in [-0.2, -0.15) is 0 Å². The average molecular weight is 226 g/mol. The molecule has 0 radical (unpaired) electrons. The van der Waals surface area contributed by atoms with Gasteiger partial charge in [-0.25, -0.2) is 4.63 Å². The van der Waals surface area contributed by atoms with E-state index in [1.807, 2.05) is 6.92 Å². The number of hydrogen-bond acceptors (Lipinski definition) is 5. The first-order valence-electron chi connectivity index (χ1n) is 5.10. The number of hydrogen-bond donors (Lipinski definition) is 1. The van der Waals surface area contributed by atoms with Gasteiger partial charge in [-0.05, 0) is 22.7 Å². The molecule has 1 rings (SSSR count). The van der Waals surface area contributed by atoms with Crippen LogP contribution in [0.1, 0.15) is 38.2 Å². The van der Waals surface area contributed by atoms with Crippen LogP contribution in [0.3, 0.4) is 0 Å². The first-order chi connectivity index (χ1) is 7.25. The maximum Gasteiger partial charge on any atom is 0.280 e. The quantitative estimate of drug-likeness (QED) is 0.817. The molecule has 90 valence electrons. The van der Waals surface area contributed by atoms with E-state index >= 15 is 0 Å². The molecule has 0 aliphatic rings. The Kier molecular flexibility index (Phi) is 3.21. The van der Waals surface area contributed by atoms with E-state index in [9.17, 15) is 4.79 Å². The highest BCUT2D eigenvalue weighted by Gasteiger charge is 2.30. The lowest BCUT2D eigenvalue weighted by Gasteiger charge is -2.34. The fourth-order valence-corrected chi connectivity index (χ4v) is 1.27. The molecule has 1 heterocycles. The van der Waals surface area contributed by atoms with Gasteiger partial charge in [0.2, 0.25) is 11.5 Å². The van der Waals surface area contributed by atoms with Gasteiger partial charge in [0.05, 0.1) is 0 Å². The topological polar surface area (TPSA) is 85.2 Å². The number of carbonyl (C=O) groups excluding carboxylic acids is 1. The number of aromatic nitrogens is 2. The summed E-state index contributed by atoms with van der Waals surface area (Å²) in [6, 6.07) is 0.0519. The third-order valence-electron chi connectivity index (χ3n) is 2.87. The van der Waals surface area contributed by atoms with Crippen LogP contribution in [-0.4, -0.2) is 34.2 Å². The van der Waals surface area contributed by atoms with Crippen molar-refractivity contribution in [1.29, 1.82) is 0 Å². The Bertz CT molecular complexity index is 380. The zero-order valence-corrected chi connectivity index (χ0v) is 10.3. The van der Waals surface area contributed by atoms with Crippen LogP contribution >= 0.6 is 0 Å². The van der Waals surface area contributed by atoms with Crippen molar-refractivity contribution >= 4 is 11.7 Å². The van der Waals surface area contributed by atoms with Crippen LogP contribution in [0.5, 0.6) is 0 Å². The Hall–Kier alpha value is -1.59. The number of nitrogens with two attached hydrogens (primary N) is 1. The lowest BCUT2D eigenvalue weighted by atomic mass is 9.87. The summed E-state index contributed by atoms with van der Waals surface area (Å²) in [6.45, 7) is 8.16. The Labute approximate surface area is 94.7 Å². The number of nitrogens with zero attached hydrogens (tertiary/aromatic N) is 3. The van der Waals surface area contributed by atoms with Crippen LogP contribution in [0.25, 0.3) is 0 Å². The summed E-state index contributed by atoms with van der Waals surface area (Å²) in [7, 11) is 1.71. The molecule has 0 bridgehead atoms. The van der Waals surface area contributed by atoms with E-state index in [1.165, 1.54) is 0 Å². The van der Waals surface area contributed by atoms with Crippen molar-refractivity contribution in [3.63, 3.8) is 0 Å². The maximum absolute atomic E-state index is 12.0. The largest absolute Gasteiger partial charge is 0.379 e. The predicted molar refractivity (Wildman–Crippen MR) is 59.7 cm³/mol. The monoisotopic (exact) mass is 226 g/mol. The minimum Gasteiger partial charge on any atom is -0.379 e. The second-order valence-corrected chi connectivity index (χ2v) is 4.96. The Morgan fingerprint density at radius 1 is 1.44 bits per heavy atom. The molecule has 0 spiro atoms. The minimum absolute atomic E-state index is 0.0175. The molecule has 0 fully saturated rings. The van der Waals surface area contributed by atoms with Gasteiger partial charge in [-0.15, -0.1) is 0 Å². The summed E-state index contributed by atoms with van der Waals surface area (Å²) in [4.78, 5) is 13.6. The summed E-state index contributed by atoms with van der Waals surface area (Å²) in [5.74, 6) is -0.251. The number of carbonyl (C=O) groups is 1. The number of amides is 1. The molecule has 1 aromatic rings. The summed E-state index contributed by atoms with van der Waals surface area (Å²) >= 11 is 0. The number of anilines is 1. The van der Waals surface area contributed by atoms with E-state index in [-0.39, 0.29) is 28.9 Å². The van der Waals surface area contributed by atoms with Gasteiger partial charge in [-0.1, -0.05) is 20.8 Å². The predicted octanol–water partition coefficient (Wildman–Crippen LogP) is 1.16. The van der Waals surface area contributed by atoms with Gasteiger partial charge in [0, 0.05) is 13.1 Å². The highest BCUT2D eigenvalue weighted by Crippen LogP contribution is 2.24. The molecule has 6 heteroatoms. The van der Waals surface area contributed by atoms with E-state index in [4.69, 9.17) is 5.73 Å². The van der Waals surface area contributed by atoms with Gasteiger partial charge >= 0.3 is 0 Å². The third-order valence-corrected chi connectivity index (χ3v) is 2.87. The summed E-state index contributed by atoms with van der Waals surface area (Å²) in [6.07, 6.45) is 0. The van der Waals surface area contributed by atoms with Crippen molar-refractivity contribution in [2.24, 2.45) is 5.41 Å². The molecule has 1 atom stereocenters. The van der Waals surface area contributed by atoms with Crippen LogP contribution < -0.4 is 5.73 Å². The summed E-state index contributed by atoms with van der Waals surface area (Å²) < 4.78 is 4.41. The molecule has 0 saturated carbocycles. The zero-order chi connectivity index (χ0) is 12.5. The van der Waals surface area contributed by atoms with Crippen molar-refractivity contribution in [3.8, 4) is 0 Å². The fraction of sp³-hybridized carbons (Fsp3) is 0.700. The van der Waals surface area contributed by atoms with E-state index in [0.717, 1.165) is 0 Å². The zero-order valence-electron chi connectivity index (χ0n) is 10.3. The van der Waals surface area contributed by atoms with Crippen molar-refractivity contribution < 1.29 is 9.42 Å². The number of rotatable bonds is 2. The molecular formula is C10H18N4O2. The molecule has 0 aliphatic carbocycles. The number of nitrogen functional groups attached to an aromatic ring is 1. The van der Waals surface area contributed by atoms with Gasteiger partial charge in [0.1, 0.15) is 0 Å². The van der Waals surface area contributed by atoms with Crippen molar-refractivity contribution in [3.05, 3.63) is 5.69 Å². The highest BCUT2D eigenvalue weighted by atomic mass is 16.6. The van der Waals surface area contributed by atoms with Gasteiger partial charge in [0.25, 0.3) is 5.91 Å². The highest BCUT2D eigenvalue weighted by molar-refractivity contribution is 5.96. The van der Waals surface area contributed by atoms with Crippen LogP contribution in [0.4, 0.5) is 5.82 Å². The third kappa shape index (κ3) is 2.32. The molecule has 0 saturated heterocycles. The van der Waals surface area contributed by atoms with Crippen molar-refractivity contribution in [1.82, 2.24) is 15.2 Å². The fourth-order valence-electron chi connectivity index (χ4n) is 1.27. The molecule has 0 aromatic carbocycles. The molecule has 1 aromatic heterocycles. The standard InChI is InChI=1S/C10H18N4O2/c1-6(10(2,3)4)14(5)9(15)7-8(11)13-16-12-7/h6H,1-5H3,(H2,11,13). The molecule has 16 heavy (non-hydrogen) atoms. The van der Waals surface area contributed by atoms with Gasteiger partial charge < -0.3 is 10.6 Å². The second kappa shape index (κ2) is 4.11. The Morgan fingerprint density at radius 3 is 2.38 bits per heavy atom. The van der Waals surface area contributed by atoms with Crippen molar-refractivity contribution in [2.75, 3.05) is 12.8 Å². The van der Waals surface area contributed by atoms with E-state index in [2.05, 4.69) is 35.7 Å². The SMILES string of the molecule is CC(N(C)C(=O)c1nonc1N)C(C)(C)C. The van der Waals surface area contributed by atoms with Crippen LogP contribution in [0, 0.1) is 5.41 Å². The van der Waals surface area contributed by atoms with E-state index in [1.54, 1.807) is 11.9 Å². The molecule has 6 nitrogen and oxygen atoms in total. The summed E-state index contributed by atoms with van der Waals surface area (Å²) in [5, 5.41) is 6.88. The summed E-state index contributed by atoms with van der Waals surface area (Å²) in [5.41, 5.74) is 5.52. The lowest BCUT2D eigenvalue weighted by molar-refractivity contribution is 0.0619. The van der Waals surface area contributed by atoms with Crippen LogP contribution in [-0.2, 0) is 0 Å². The molecule has 2 N–H and O–H groups in total. The van der Waals surface area contributed by atoms with E-state index < -0.39 is 0 Å². The first-order valence-corrected chi connectivity index (χ1v) is 5.10. The normalized spacial score (nSPS) is 13.6.